The Morgan fingerprint density at radius 2 is 2.11 bits per heavy atom. The fourth-order valence-electron chi connectivity index (χ4n) is 4.34. The number of thiazole rings is 1. The van der Waals surface area contributed by atoms with Gasteiger partial charge in [-0.3, -0.25) is 9.89 Å². The van der Waals surface area contributed by atoms with Gasteiger partial charge in [0.2, 0.25) is 0 Å². The highest BCUT2D eigenvalue weighted by Crippen LogP contribution is 2.27. The average molecular weight is 398 g/mol. The molecule has 1 aromatic carbocycles. The van der Waals surface area contributed by atoms with Crippen molar-refractivity contribution in [1.82, 2.24) is 9.88 Å². The first-order valence-corrected chi connectivity index (χ1v) is 11.4. The lowest BCUT2D eigenvalue weighted by Crippen LogP contribution is -2.34. The molecule has 6 heteroatoms. The molecule has 2 heterocycles. The number of hydrogen-bond acceptors (Lipinski definition) is 4. The van der Waals surface area contributed by atoms with E-state index in [1.54, 1.807) is 11.3 Å². The second kappa shape index (κ2) is 9.05. The highest BCUT2D eigenvalue weighted by molar-refractivity contribution is 7.09. The van der Waals surface area contributed by atoms with E-state index in [4.69, 9.17) is 5.73 Å². The van der Waals surface area contributed by atoms with Gasteiger partial charge >= 0.3 is 0 Å². The molecular formula is C22H31N5S. The summed E-state index contributed by atoms with van der Waals surface area (Å²) in [4.78, 5) is 11.7. The average Bonchev–Trinajstić information content (AvgIpc) is 3.12. The number of aliphatic imine (C=N–C) groups is 1. The molecule has 1 aliphatic carbocycles. The van der Waals surface area contributed by atoms with Crippen molar-refractivity contribution < 1.29 is 0 Å². The van der Waals surface area contributed by atoms with Gasteiger partial charge in [-0.25, -0.2) is 4.98 Å². The zero-order valence-electron chi connectivity index (χ0n) is 16.8. The van der Waals surface area contributed by atoms with E-state index in [-0.39, 0.29) is 0 Å². The first-order valence-electron chi connectivity index (χ1n) is 10.5. The molecule has 2 aliphatic rings. The number of nitrogens with zero attached hydrogens (tertiary/aromatic N) is 3. The number of benzene rings is 1. The van der Waals surface area contributed by atoms with Crippen molar-refractivity contribution in [1.29, 1.82) is 0 Å². The number of hydrogen-bond donors (Lipinski definition) is 2. The Morgan fingerprint density at radius 1 is 1.29 bits per heavy atom. The Morgan fingerprint density at radius 3 is 2.89 bits per heavy atom. The SMILES string of the molecule is Cc1nc(CN2CCC(CN=C(N)Nc3cccc4c3CCCC4)CC2)cs1. The third-order valence-electron chi connectivity index (χ3n) is 5.94. The Balaban J connectivity index is 1.26. The van der Waals surface area contributed by atoms with Crippen LogP contribution >= 0.6 is 11.3 Å². The largest absolute Gasteiger partial charge is 0.370 e. The van der Waals surface area contributed by atoms with Crippen molar-refractivity contribution in [2.24, 2.45) is 16.6 Å². The smallest absolute Gasteiger partial charge is 0.193 e. The maximum Gasteiger partial charge on any atom is 0.193 e. The number of nitrogens with one attached hydrogen (secondary N) is 1. The summed E-state index contributed by atoms with van der Waals surface area (Å²) in [5.41, 5.74) is 11.5. The Kier molecular flexibility index (Phi) is 6.27. The molecule has 4 rings (SSSR count). The van der Waals surface area contributed by atoms with Crippen LogP contribution in [-0.2, 0) is 19.4 Å². The van der Waals surface area contributed by atoms with Crippen molar-refractivity contribution in [3.63, 3.8) is 0 Å². The van der Waals surface area contributed by atoms with Crippen LogP contribution in [0.2, 0.25) is 0 Å². The lowest BCUT2D eigenvalue weighted by atomic mass is 9.90. The third kappa shape index (κ3) is 4.92. The molecule has 150 valence electrons. The maximum absolute atomic E-state index is 6.21. The first kappa shape index (κ1) is 19.4. The Labute approximate surface area is 172 Å². The number of anilines is 1. The lowest BCUT2D eigenvalue weighted by Gasteiger charge is -2.30. The summed E-state index contributed by atoms with van der Waals surface area (Å²) in [7, 11) is 0. The van der Waals surface area contributed by atoms with Crippen LogP contribution in [0.3, 0.4) is 0 Å². The number of nitrogens with two attached hydrogens (primary N) is 1. The molecule has 2 aromatic rings. The number of guanidine groups is 1. The number of rotatable bonds is 5. The predicted octanol–water partition coefficient (Wildman–Crippen LogP) is 3.97. The van der Waals surface area contributed by atoms with Gasteiger partial charge in [-0.2, -0.15) is 0 Å². The summed E-state index contributed by atoms with van der Waals surface area (Å²) < 4.78 is 0. The molecule has 0 unspecified atom stereocenters. The molecule has 5 nitrogen and oxygen atoms in total. The predicted molar refractivity (Wildman–Crippen MR) is 118 cm³/mol. The minimum absolute atomic E-state index is 0.555. The van der Waals surface area contributed by atoms with Gasteiger partial charge in [0, 0.05) is 24.2 Å². The number of fused-ring (bicyclic) bond motifs is 1. The van der Waals surface area contributed by atoms with E-state index in [9.17, 15) is 0 Å². The van der Waals surface area contributed by atoms with Gasteiger partial charge in [-0.1, -0.05) is 12.1 Å². The molecule has 0 atom stereocenters. The number of aromatic nitrogens is 1. The van der Waals surface area contributed by atoms with E-state index in [0.717, 1.165) is 43.3 Å². The van der Waals surface area contributed by atoms with Gasteiger partial charge in [0.05, 0.1) is 10.7 Å². The summed E-state index contributed by atoms with van der Waals surface area (Å²) >= 11 is 1.74. The Bertz CT molecular complexity index is 820. The van der Waals surface area contributed by atoms with Crippen LogP contribution in [0.4, 0.5) is 5.69 Å². The molecular weight excluding hydrogens is 366 g/mol. The van der Waals surface area contributed by atoms with Crippen LogP contribution in [0.25, 0.3) is 0 Å². The summed E-state index contributed by atoms with van der Waals surface area (Å²) in [6.45, 7) is 6.11. The van der Waals surface area contributed by atoms with E-state index < -0.39 is 0 Å². The van der Waals surface area contributed by atoms with Gasteiger partial charge in [-0.15, -0.1) is 11.3 Å². The van der Waals surface area contributed by atoms with Crippen LogP contribution in [0.1, 0.15) is 47.5 Å². The summed E-state index contributed by atoms with van der Waals surface area (Å²) in [6, 6.07) is 6.50. The van der Waals surface area contributed by atoms with Crippen molar-refractivity contribution >= 4 is 23.0 Å². The zero-order valence-corrected chi connectivity index (χ0v) is 17.6. The van der Waals surface area contributed by atoms with Crippen molar-refractivity contribution in [2.75, 3.05) is 25.0 Å². The molecule has 1 fully saturated rings. The molecule has 1 saturated heterocycles. The zero-order chi connectivity index (χ0) is 19.3. The quantitative estimate of drug-likeness (QED) is 0.592. The highest BCUT2D eigenvalue weighted by atomic mass is 32.1. The summed E-state index contributed by atoms with van der Waals surface area (Å²) in [6.07, 6.45) is 7.24. The van der Waals surface area contributed by atoms with E-state index in [1.165, 1.54) is 48.9 Å². The van der Waals surface area contributed by atoms with Crippen LogP contribution in [-0.4, -0.2) is 35.5 Å². The van der Waals surface area contributed by atoms with Gasteiger partial charge in [0.15, 0.2) is 5.96 Å². The minimum Gasteiger partial charge on any atom is -0.370 e. The topological polar surface area (TPSA) is 66.5 Å². The molecule has 1 aromatic heterocycles. The third-order valence-corrected chi connectivity index (χ3v) is 6.76. The number of likely N-dealkylation sites (tertiary alicyclic amines) is 1. The second-order valence-corrected chi connectivity index (χ2v) is 9.14. The molecule has 0 bridgehead atoms. The molecule has 1 aliphatic heterocycles. The van der Waals surface area contributed by atoms with Crippen molar-refractivity contribution in [3.05, 3.63) is 45.4 Å². The van der Waals surface area contributed by atoms with Gasteiger partial charge in [-0.05, 0) is 81.6 Å². The van der Waals surface area contributed by atoms with Crippen LogP contribution in [0.5, 0.6) is 0 Å². The van der Waals surface area contributed by atoms with Gasteiger partial charge in [0.1, 0.15) is 0 Å². The molecule has 28 heavy (non-hydrogen) atoms. The number of piperidine rings is 1. The molecule has 0 saturated carbocycles. The molecule has 0 amide bonds. The van der Waals surface area contributed by atoms with E-state index in [2.05, 4.69) is 50.7 Å². The fourth-order valence-corrected chi connectivity index (χ4v) is 4.94. The van der Waals surface area contributed by atoms with Gasteiger partial charge in [0.25, 0.3) is 0 Å². The fraction of sp³-hybridized carbons (Fsp3) is 0.545. The van der Waals surface area contributed by atoms with Crippen molar-refractivity contribution in [3.8, 4) is 0 Å². The maximum atomic E-state index is 6.21. The van der Waals surface area contributed by atoms with E-state index in [1.807, 2.05) is 0 Å². The molecule has 3 N–H and O–H groups in total. The highest BCUT2D eigenvalue weighted by Gasteiger charge is 2.20. The summed E-state index contributed by atoms with van der Waals surface area (Å²) in [5, 5.41) is 6.70. The monoisotopic (exact) mass is 397 g/mol. The molecule has 0 spiro atoms. The second-order valence-electron chi connectivity index (χ2n) is 8.08. The first-order chi connectivity index (χ1) is 13.7. The van der Waals surface area contributed by atoms with E-state index in [0.29, 0.717) is 11.9 Å². The minimum atomic E-state index is 0.555. The summed E-state index contributed by atoms with van der Waals surface area (Å²) in [5.74, 6) is 1.18. The van der Waals surface area contributed by atoms with Crippen LogP contribution in [0, 0.1) is 12.8 Å². The van der Waals surface area contributed by atoms with Gasteiger partial charge < -0.3 is 11.1 Å². The molecule has 0 radical (unpaired) electrons. The van der Waals surface area contributed by atoms with E-state index >= 15 is 0 Å². The lowest BCUT2D eigenvalue weighted by molar-refractivity contribution is 0.179. The van der Waals surface area contributed by atoms with Crippen LogP contribution in [0.15, 0.2) is 28.6 Å². The van der Waals surface area contributed by atoms with Crippen LogP contribution < -0.4 is 11.1 Å². The normalized spacial score (nSPS) is 18.8. The Hall–Kier alpha value is -1.92. The number of aryl methyl sites for hydroxylation is 2. The van der Waals surface area contributed by atoms with Crippen molar-refractivity contribution in [2.45, 2.75) is 52.0 Å². The standard InChI is InChI=1S/C22H31N5S/c1-16-25-19(15-28-16)14-27-11-9-17(10-12-27)13-24-22(23)26-21-8-4-6-18-5-2-3-7-20(18)21/h4,6,8,15,17H,2-3,5,7,9-14H2,1H3,(H3,23,24,26).